The lowest BCUT2D eigenvalue weighted by molar-refractivity contribution is -0.147. The molecule has 9 nitrogen and oxygen atoms in total. The molecule has 2 amide bonds. The summed E-state index contributed by atoms with van der Waals surface area (Å²) in [7, 11) is 0. The maximum atomic E-state index is 13.4. The molecule has 0 aromatic rings. The van der Waals surface area contributed by atoms with Crippen LogP contribution in [-0.2, 0) is 14.4 Å². The van der Waals surface area contributed by atoms with E-state index in [-0.39, 0.29) is 5.91 Å². The summed E-state index contributed by atoms with van der Waals surface area (Å²) < 4.78 is 5.29. The fraction of sp³-hybridized carbons (Fsp3) is 0.875. The molecule has 3 rings (SSSR count). The van der Waals surface area contributed by atoms with Gasteiger partial charge in [0.05, 0.1) is 32.4 Å². The number of hydroxylamine groups is 2. The van der Waals surface area contributed by atoms with Gasteiger partial charge in [-0.05, 0) is 31.6 Å². The summed E-state index contributed by atoms with van der Waals surface area (Å²) in [4.78, 5) is 33.7. The van der Waals surface area contributed by atoms with E-state index in [2.05, 4.69) is 35.5 Å². The van der Waals surface area contributed by atoms with E-state index in [1.54, 1.807) is 5.06 Å². The molecule has 1 aliphatic carbocycles. The van der Waals surface area contributed by atoms with Crippen LogP contribution in [0.1, 0.15) is 71.6 Å². The standard InChI is InChI=1S/C24H41N5O4/c1-3-20(4-2)28-11-10-24(17-25,18-28)27-22(30)21(16-19-8-6-5-7-9-19)26-23(31)33-29-12-14-32-15-13-29/h19-21H,3-16,18H2,1-2H3,(H,26,31)(H,27,30). The van der Waals surface area contributed by atoms with Crippen molar-refractivity contribution < 1.29 is 19.2 Å². The Morgan fingerprint density at radius 2 is 1.85 bits per heavy atom. The van der Waals surface area contributed by atoms with E-state index in [9.17, 15) is 14.9 Å². The first-order chi connectivity index (χ1) is 16.0. The molecule has 0 radical (unpaired) electrons. The zero-order chi connectivity index (χ0) is 23.7. The highest BCUT2D eigenvalue weighted by Crippen LogP contribution is 2.29. The first-order valence-corrected chi connectivity index (χ1v) is 12.8. The van der Waals surface area contributed by atoms with Crippen LogP contribution in [0, 0.1) is 17.2 Å². The summed E-state index contributed by atoms with van der Waals surface area (Å²) in [6, 6.07) is 2.08. The van der Waals surface area contributed by atoms with Gasteiger partial charge in [0.2, 0.25) is 5.91 Å². The molecule has 2 atom stereocenters. The lowest BCUT2D eigenvalue weighted by Gasteiger charge is -2.31. The summed E-state index contributed by atoms with van der Waals surface area (Å²) in [5.74, 6) is 0.105. The fourth-order valence-corrected chi connectivity index (χ4v) is 5.41. The maximum Gasteiger partial charge on any atom is 0.426 e. The molecule has 2 heterocycles. The number of nitrogens with zero attached hydrogens (tertiary/aromatic N) is 3. The van der Waals surface area contributed by atoms with Gasteiger partial charge < -0.3 is 20.2 Å². The van der Waals surface area contributed by atoms with E-state index in [1.807, 2.05) is 0 Å². The number of carbonyl (C=O) groups is 2. The van der Waals surface area contributed by atoms with Crippen LogP contribution in [0.15, 0.2) is 0 Å². The summed E-state index contributed by atoms with van der Waals surface area (Å²) in [5.41, 5.74) is -0.916. The van der Waals surface area contributed by atoms with Crippen LogP contribution in [0.3, 0.4) is 0 Å². The minimum atomic E-state index is -0.916. The van der Waals surface area contributed by atoms with Gasteiger partial charge >= 0.3 is 6.09 Å². The van der Waals surface area contributed by atoms with Crippen LogP contribution in [0.2, 0.25) is 0 Å². The van der Waals surface area contributed by atoms with E-state index in [0.717, 1.165) is 45.1 Å². The Labute approximate surface area is 198 Å². The van der Waals surface area contributed by atoms with Gasteiger partial charge in [-0.25, -0.2) is 4.79 Å². The van der Waals surface area contributed by atoms with Crippen molar-refractivity contribution in [3.05, 3.63) is 0 Å². The minimum absolute atomic E-state index is 0.285. The van der Waals surface area contributed by atoms with Crippen LogP contribution >= 0.6 is 0 Å². The van der Waals surface area contributed by atoms with Crippen molar-refractivity contribution in [2.75, 3.05) is 39.4 Å². The molecule has 0 aromatic heterocycles. The maximum absolute atomic E-state index is 13.4. The fourth-order valence-electron chi connectivity index (χ4n) is 5.41. The number of hydrogen-bond donors (Lipinski definition) is 2. The Morgan fingerprint density at radius 3 is 2.48 bits per heavy atom. The number of morpholine rings is 1. The Balaban J connectivity index is 1.64. The number of likely N-dealkylation sites (tertiary alicyclic amines) is 1. The van der Waals surface area contributed by atoms with Crippen molar-refractivity contribution in [1.82, 2.24) is 20.6 Å². The molecular formula is C24H41N5O4. The van der Waals surface area contributed by atoms with Gasteiger partial charge in [-0.2, -0.15) is 5.26 Å². The summed E-state index contributed by atoms with van der Waals surface area (Å²) in [5, 5.41) is 17.4. The van der Waals surface area contributed by atoms with Crippen molar-refractivity contribution in [2.45, 2.75) is 89.3 Å². The second-order valence-electron chi connectivity index (χ2n) is 9.73. The van der Waals surface area contributed by atoms with E-state index >= 15 is 0 Å². The molecule has 33 heavy (non-hydrogen) atoms. The van der Waals surface area contributed by atoms with Crippen LogP contribution in [0.5, 0.6) is 0 Å². The molecule has 9 heteroatoms. The van der Waals surface area contributed by atoms with Crippen LogP contribution in [0.4, 0.5) is 4.79 Å². The largest absolute Gasteiger partial charge is 0.426 e. The van der Waals surface area contributed by atoms with Crippen LogP contribution < -0.4 is 10.6 Å². The Hall–Kier alpha value is -1.89. The molecule has 2 unspecified atom stereocenters. The number of rotatable bonds is 9. The average molecular weight is 464 g/mol. The highest BCUT2D eigenvalue weighted by atomic mass is 16.7. The molecule has 0 bridgehead atoms. The van der Waals surface area contributed by atoms with Gasteiger partial charge in [-0.15, -0.1) is 5.06 Å². The highest BCUT2D eigenvalue weighted by Gasteiger charge is 2.43. The predicted octanol–water partition coefficient (Wildman–Crippen LogP) is 2.57. The number of hydrogen-bond acceptors (Lipinski definition) is 7. The second kappa shape index (κ2) is 12.5. The van der Waals surface area contributed by atoms with E-state index in [4.69, 9.17) is 9.57 Å². The lowest BCUT2D eigenvalue weighted by atomic mass is 9.84. The van der Waals surface area contributed by atoms with Crippen molar-refractivity contribution >= 4 is 12.0 Å². The molecule has 2 aliphatic heterocycles. The zero-order valence-electron chi connectivity index (χ0n) is 20.3. The SMILES string of the molecule is CCC(CC)N1CCC(C#N)(NC(=O)C(CC2CCCCC2)NC(=O)ON2CCOCC2)C1. The molecule has 2 saturated heterocycles. The third-order valence-corrected chi connectivity index (χ3v) is 7.42. The molecule has 3 fully saturated rings. The number of amides is 2. The average Bonchev–Trinajstić information content (AvgIpc) is 3.25. The smallest absolute Gasteiger partial charge is 0.379 e. The van der Waals surface area contributed by atoms with Crippen molar-refractivity contribution in [2.24, 2.45) is 5.92 Å². The normalized spacial score (nSPS) is 26.0. The molecule has 1 saturated carbocycles. The Bertz CT molecular complexity index is 683. The van der Waals surface area contributed by atoms with Gasteiger partial charge in [0, 0.05) is 19.1 Å². The highest BCUT2D eigenvalue weighted by molar-refractivity contribution is 5.86. The van der Waals surface area contributed by atoms with E-state index in [1.165, 1.54) is 6.42 Å². The van der Waals surface area contributed by atoms with Crippen molar-refractivity contribution in [3.8, 4) is 6.07 Å². The van der Waals surface area contributed by atoms with Gasteiger partial charge in [0.25, 0.3) is 0 Å². The van der Waals surface area contributed by atoms with Gasteiger partial charge in [-0.3, -0.25) is 9.69 Å². The summed E-state index contributed by atoms with van der Waals surface area (Å²) in [6.07, 6.45) is 8.25. The lowest BCUT2D eigenvalue weighted by Crippen LogP contribution is -2.57. The van der Waals surface area contributed by atoms with Gasteiger partial charge in [-0.1, -0.05) is 46.0 Å². The predicted molar refractivity (Wildman–Crippen MR) is 124 cm³/mol. The van der Waals surface area contributed by atoms with Crippen LogP contribution in [0.25, 0.3) is 0 Å². The first-order valence-electron chi connectivity index (χ1n) is 12.8. The van der Waals surface area contributed by atoms with Gasteiger partial charge in [0.15, 0.2) is 0 Å². The molecule has 2 N–H and O–H groups in total. The molecule has 0 spiro atoms. The Kier molecular flexibility index (Phi) is 9.78. The number of nitriles is 1. The summed E-state index contributed by atoms with van der Waals surface area (Å²) in [6.45, 7) is 7.67. The van der Waals surface area contributed by atoms with E-state index in [0.29, 0.717) is 57.6 Å². The monoisotopic (exact) mass is 463 g/mol. The third kappa shape index (κ3) is 7.29. The second-order valence-corrected chi connectivity index (χ2v) is 9.73. The number of nitrogens with one attached hydrogen (secondary N) is 2. The van der Waals surface area contributed by atoms with Crippen molar-refractivity contribution in [1.29, 1.82) is 5.26 Å². The Morgan fingerprint density at radius 1 is 1.15 bits per heavy atom. The third-order valence-electron chi connectivity index (χ3n) is 7.42. The quantitative estimate of drug-likeness (QED) is 0.541. The number of ether oxygens (including phenoxy) is 1. The zero-order valence-corrected chi connectivity index (χ0v) is 20.3. The van der Waals surface area contributed by atoms with E-state index < -0.39 is 17.7 Å². The van der Waals surface area contributed by atoms with Crippen molar-refractivity contribution in [3.63, 3.8) is 0 Å². The number of carbonyl (C=O) groups excluding carboxylic acids is 2. The molecule has 0 aromatic carbocycles. The summed E-state index contributed by atoms with van der Waals surface area (Å²) >= 11 is 0. The van der Waals surface area contributed by atoms with Gasteiger partial charge in [0.1, 0.15) is 11.6 Å². The molecular weight excluding hydrogens is 422 g/mol. The molecule has 3 aliphatic rings. The molecule has 186 valence electrons. The first kappa shape index (κ1) is 25.7. The minimum Gasteiger partial charge on any atom is -0.379 e. The van der Waals surface area contributed by atoms with Crippen LogP contribution in [-0.4, -0.2) is 79.0 Å². The topological polar surface area (TPSA) is 107 Å².